The fraction of sp³-hybridized carbons (Fsp3) is 0. The standard InChI is InChI=1S/C48H31NO/c1-3-14-38-32(10-1)12-7-17-40(38)34-22-26-36(27-23-34)49(37-28-24-35(25-29-37)41-18-8-13-33-11-2-4-15-39(33)41)46-20-9-19-44-42(46)30-31-45-43-16-5-6-21-47(43)50-48(44)45/h1-31H. The summed E-state index contributed by atoms with van der Waals surface area (Å²) in [6.07, 6.45) is 0. The number of furan rings is 1. The Labute approximate surface area is 290 Å². The van der Waals surface area contributed by atoms with Crippen LogP contribution >= 0.6 is 0 Å². The highest BCUT2D eigenvalue weighted by Gasteiger charge is 2.19. The molecule has 0 saturated heterocycles. The second kappa shape index (κ2) is 11.5. The first-order valence-electron chi connectivity index (χ1n) is 17.1. The Hall–Kier alpha value is -6.64. The largest absolute Gasteiger partial charge is 0.455 e. The average Bonchev–Trinajstić information content (AvgIpc) is 3.58. The first-order valence-corrected chi connectivity index (χ1v) is 17.1. The van der Waals surface area contributed by atoms with Crippen LogP contribution in [0.1, 0.15) is 0 Å². The molecule has 0 fully saturated rings. The monoisotopic (exact) mass is 637 g/mol. The van der Waals surface area contributed by atoms with Crippen LogP contribution in [-0.4, -0.2) is 0 Å². The zero-order valence-electron chi connectivity index (χ0n) is 27.3. The topological polar surface area (TPSA) is 16.4 Å². The number of anilines is 3. The van der Waals surface area contributed by atoms with Crippen LogP contribution in [0, 0.1) is 0 Å². The molecule has 0 aliphatic carbocycles. The smallest absolute Gasteiger partial charge is 0.143 e. The minimum absolute atomic E-state index is 0.908. The van der Waals surface area contributed by atoms with Crippen LogP contribution in [0.15, 0.2) is 192 Å². The van der Waals surface area contributed by atoms with Crippen LogP contribution in [0.5, 0.6) is 0 Å². The first kappa shape index (κ1) is 28.4. The van der Waals surface area contributed by atoms with Gasteiger partial charge >= 0.3 is 0 Å². The Balaban J connectivity index is 1.14. The zero-order chi connectivity index (χ0) is 33.0. The molecule has 0 amide bonds. The van der Waals surface area contributed by atoms with Gasteiger partial charge in [0.25, 0.3) is 0 Å². The van der Waals surface area contributed by atoms with Crippen molar-refractivity contribution in [2.75, 3.05) is 4.90 Å². The van der Waals surface area contributed by atoms with Crippen molar-refractivity contribution in [3.63, 3.8) is 0 Å². The summed E-state index contributed by atoms with van der Waals surface area (Å²) in [6, 6.07) is 67.5. The molecule has 0 unspecified atom stereocenters. The molecule has 10 rings (SSSR count). The summed E-state index contributed by atoms with van der Waals surface area (Å²) in [5, 5.41) is 9.51. The second-order valence-corrected chi connectivity index (χ2v) is 12.9. The summed E-state index contributed by atoms with van der Waals surface area (Å²) >= 11 is 0. The Bertz CT molecular complexity index is 2730. The van der Waals surface area contributed by atoms with Gasteiger partial charge in [0.2, 0.25) is 0 Å². The summed E-state index contributed by atoms with van der Waals surface area (Å²) < 4.78 is 6.49. The third-order valence-electron chi connectivity index (χ3n) is 10.1. The first-order chi connectivity index (χ1) is 24.8. The summed E-state index contributed by atoms with van der Waals surface area (Å²) in [5.41, 5.74) is 9.95. The van der Waals surface area contributed by atoms with Crippen LogP contribution < -0.4 is 4.90 Å². The molecular formula is C48H31NO. The van der Waals surface area contributed by atoms with Gasteiger partial charge in [-0.25, -0.2) is 0 Å². The molecule has 0 radical (unpaired) electrons. The van der Waals surface area contributed by atoms with Crippen molar-refractivity contribution in [1.29, 1.82) is 0 Å². The molecule has 0 aliphatic rings. The molecule has 10 aromatic rings. The second-order valence-electron chi connectivity index (χ2n) is 12.9. The maximum absolute atomic E-state index is 6.49. The lowest BCUT2D eigenvalue weighted by Gasteiger charge is -2.27. The number of para-hydroxylation sites is 1. The average molecular weight is 638 g/mol. The van der Waals surface area contributed by atoms with Crippen molar-refractivity contribution in [2.45, 2.75) is 0 Å². The van der Waals surface area contributed by atoms with Crippen LogP contribution in [0.25, 0.3) is 76.5 Å². The fourth-order valence-electron chi connectivity index (χ4n) is 7.68. The molecule has 1 aromatic heterocycles. The third-order valence-corrected chi connectivity index (χ3v) is 10.1. The Morgan fingerprint density at radius 3 is 1.40 bits per heavy atom. The van der Waals surface area contributed by atoms with E-state index in [1.807, 2.05) is 12.1 Å². The predicted octanol–water partition coefficient (Wildman–Crippen LogP) is 13.8. The van der Waals surface area contributed by atoms with E-state index in [1.165, 1.54) is 43.8 Å². The maximum atomic E-state index is 6.49. The zero-order valence-corrected chi connectivity index (χ0v) is 27.3. The molecule has 234 valence electrons. The molecule has 2 nitrogen and oxygen atoms in total. The molecule has 0 saturated carbocycles. The van der Waals surface area contributed by atoms with Crippen molar-refractivity contribution >= 4 is 71.3 Å². The molecular weight excluding hydrogens is 607 g/mol. The van der Waals surface area contributed by atoms with Gasteiger partial charge in [-0.3, -0.25) is 0 Å². The van der Waals surface area contributed by atoms with Crippen LogP contribution in [0.2, 0.25) is 0 Å². The predicted molar refractivity (Wildman–Crippen MR) is 212 cm³/mol. The Morgan fingerprint density at radius 1 is 0.320 bits per heavy atom. The third kappa shape index (κ3) is 4.57. The van der Waals surface area contributed by atoms with Gasteiger partial charge in [0.05, 0.1) is 5.69 Å². The quantitative estimate of drug-likeness (QED) is 0.187. The minimum Gasteiger partial charge on any atom is -0.455 e. The van der Waals surface area contributed by atoms with E-state index in [4.69, 9.17) is 4.42 Å². The van der Waals surface area contributed by atoms with E-state index in [0.717, 1.165) is 49.8 Å². The van der Waals surface area contributed by atoms with E-state index in [1.54, 1.807) is 0 Å². The van der Waals surface area contributed by atoms with E-state index in [-0.39, 0.29) is 0 Å². The molecule has 0 aliphatic heterocycles. The number of nitrogens with zero attached hydrogens (tertiary/aromatic N) is 1. The number of hydrogen-bond acceptors (Lipinski definition) is 2. The molecule has 9 aromatic carbocycles. The minimum atomic E-state index is 0.908. The highest BCUT2D eigenvalue weighted by atomic mass is 16.3. The molecule has 50 heavy (non-hydrogen) atoms. The van der Waals surface area contributed by atoms with E-state index >= 15 is 0 Å². The highest BCUT2D eigenvalue weighted by molar-refractivity contribution is 6.17. The van der Waals surface area contributed by atoms with Gasteiger partial charge in [-0.15, -0.1) is 0 Å². The normalized spacial score (nSPS) is 11.6. The van der Waals surface area contributed by atoms with Gasteiger partial charge < -0.3 is 9.32 Å². The summed E-state index contributed by atoms with van der Waals surface area (Å²) in [7, 11) is 0. The lowest BCUT2D eigenvalue weighted by molar-refractivity contribution is 0.672. The van der Waals surface area contributed by atoms with Crippen molar-refractivity contribution in [3.8, 4) is 22.3 Å². The molecule has 1 heterocycles. The van der Waals surface area contributed by atoms with E-state index in [2.05, 4.69) is 181 Å². The number of hydrogen-bond donors (Lipinski definition) is 0. The summed E-state index contributed by atoms with van der Waals surface area (Å²) in [6.45, 7) is 0. The summed E-state index contributed by atoms with van der Waals surface area (Å²) in [4.78, 5) is 2.37. The lowest BCUT2D eigenvalue weighted by Crippen LogP contribution is -2.10. The highest BCUT2D eigenvalue weighted by Crippen LogP contribution is 2.43. The molecule has 0 atom stereocenters. The molecule has 0 bridgehead atoms. The number of benzene rings is 9. The van der Waals surface area contributed by atoms with Gasteiger partial charge in [-0.1, -0.05) is 146 Å². The number of fused-ring (bicyclic) bond motifs is 7. The van der Waals surface area contributed by atoms with Gasteiger partial charge in [-0.2, -0.15) is 0 Å². The van der Waals surface area contributed by atoms with E-state index < -0.39 is 0 Å². The summed E-state index contributed by atoms with van der Waals surface area (Å²) in [5.74, 6) is 0. The Morgan fingerprint density at radius 2 is 0.780 bits per heavy atom. The van der Waals surface area contributed by atoms with Gasteiger partial charge in [-0.05, 0) is 86.3 Å². The molecule has 2 heteroatoms. The van der Waals surface area contributed by atoms with Crippen LogP contribution in [0.3, 0.4) is 0 Å². The van der Waals surface area contributed by atoms with Gasteiger partial charge in [0.1, 0.15) is 11.2 Å². The van der Waals surface area contributed by atoms with E-state index in [9.17, 15) is 0 Å². The maximum Gasteiger partial charge on any atom is 0.143 e. The van der Waals surface area contributed by atoms with Gasteiger partial charge in [0, 0.05) is 32.9 Å². The van der Waals surface area contributed by atoms with Crippen molar-refractivity contribution in [3.05, 3.63) is 188 Å². The number of rotatable bonds is 5. The molecule has 0 N–H and O–H groups in total. The van der Waals surface area contributed by atoms with Crippen LogP contribution in [0.4, 0.5) is 17.1 Å². The lowest BCUT2D eigenvalue weighted by atomic mass is 9.97. The Kier molecular flexibility index (Phi) is 6.53. The molecule has 0 spiro atoms. The van der Waals surface area contributed by atoms with Crippen LogP contribution in [-0.2, 0) is 0 Å². The van der Waals surface area contributed by atoms with Crippen molar-refractivity contribution in [2.24, 2.45) is 0 Å². The fourth-order valence-corrected chi connectivity index (χ4v) is 7.68. The van der Waals surface area contributed by atoms with Gasteiger partial charge in [0.15, 0.2) is 0 Å². The van der Waals surface area contributed by atoms with Crippen molar-refractivity contribution in [1.82, 2.24) is 0 Å². The SMILES string of the molecule is c1ccc2c(-c3ccc(N(c4ccc(-c5cccc6ccccc56)cc4)c4cccc5c4ccc4c6ccccc6oc54)cc3)cccc2c1. The van der Waals surface area contributed by atoms with Crippen molar-refractivity contribution < 1.29 is 4.42 Å². The van der Waals surface area contributed by atoms with E-state index in [0.29, 0.717) is 0 Å².